The maximum atomic E-state index is 4.29. The van der Waals surface area contributed by atoms with Crippen molar-refractivity contribution < 1.29 is 0 Å². The van der Waals surface area contributed by atoms with E-state index < -0.39 is 0 Å². The van der Waals surface area contributed by atoms with Gasteiger partial charge in [0.1, 0.15) is 0 Å². The topological polar surface area (TPSA) is 73.1 Å². The normalized spacial score (nSPS) is 17.4. The molecular formula is C18H30N8. The van der Waals surface area contributed by atoms with Crippen molar-refractivity contribution in [2.75, 3.05) is 53.4 Å². The molecule has 26 heavy (non-hydrogen) atoms. The predicted octanol–water partition coefficient (Wildman–Crippen LogP) is 0.422. The molecule has 2 aromatic rings. The van der Waals surface area contributed by atoms with E-state index in [0.717, 1.165) is 36.9 Å². The zero-order chi connectivity index (χ0) is 18.2. The minimum absolute atomic E-state index is 0.587. The quantitative estimate of drug-likeness (QED) is 0.443. The Balaban J connectivity index is 1.38. The van der Waals surface area contributed by atoms with Gasteiger partial charge in [0, 0.05) is 32.9 Å². The standard InChI is InChI=1S/C18H30N8/c1-19-18(20-8-5-10-25-11-6-9-24(2)13-14-25)21-15-17-23-22-16-7-3-4-12-26(16)17/h3-4,7,12H,5-6,8-11,13-15H2,1-2H3,(H2,19,20,21). The first-order chi connectivity index (χ1) is 12.8. The molecule has 8 heteroatoms. The minimum Gasteiger partial charge on any atom is -0.356 e. The molecule has 1 fully saturated rings. The molecule has 0 aromatic carbocycles. The minimum atomic E-state index is 0.587. The van der Waals surface area contributed by atoms with Crippen molar-refractivity contribution in [1.29, 1.82) is 0 Å². The summed E-state index contributed by atoms with van der Waals surface area (Å²) in [5, 5.41) is 15.1. The maximum Gasteiger partial charge on any atom is 0.191 e. The summed E-state index contributed by atoms with van der Waals surface area (Å²) in [7, 11) is 4.00. The number of rotatable bonds is 6. The van der Waals surface area contributed by atoms with E-state index in [1.165, 1.54) is 32.6 Å². The smallest absolute Gasteiger partial charge is 0.191 e. The summed E-state index contributed by atoms with van der Waals surface area (Å²) in [6.07, 6.45) is 4.35. The molecule has 2 aromatic heterocycles. The van der Waals surface area contributed by atoms with Crippen molar-refractivity contribution in [2.24, 2.45) is 4.99 Å². The lowest BCUT2D eigenvalue weighted by Gasteiger charge is -2.20. The van der Waals surface area contributed by atoms with Crippen LogP contribution in [0, 0.1) is 0 Å². The van der Waals surface area contributed by atoms with Gasteiger partial charge < -0.3 is 20.4 Å². The molecule has 142 valence electrons. The SMILES string of the molecule is CN=C(NCCCN1CCCN(C)CC1)NCc1nnc2ccccn12. The fourth-order valence-electron chi connectivity index (χ4n) is 3.23. The van der Waals surface area contributed by atoms with E-state index in [9.17, 15) is 0 Å². The van der Waals surface area contributed by atoms with Gasteiger partial charge in [0.15, 0.2) is 17.4 Å². The molecule has 0 spiro atoms. The highest BCUT2D eigenvalue weighted by atomic mass is 15.3. The van der Waals surface area contributed by atoms with Crippen LogP contribution in [0.15, 0.2) is 29.4 Å². The molecule has 0 unspecified atom stereocenters. The number of guanidine groups is 1. The maximum absolute atomic E-state index is 4.29. The Bertz CT molecular complexity index is 710. The molecule has 1 aliphatic heterocycles. The number of nitrogens with zero attached hydrogens (tertiary/aromatic N) is 6. The van der Waals surface area contributed by atoms with Gasteiger partial charge in [0.2, 0.25) is 0 Å². The first-order valence-electron chi connectivity index (χ1n) is 9.40. The zero-order valence-corrected chi connectivity index (χ0v) is 15.9. The van der Waals surface area contributed by atoms with E-state index in [1.807, 2.05) is 28.8 Å². The molecule has 0 atom stereocenters. The van der Waals surface area contributed by atoms with E-state index in [4.69, 9.17) is 0 Å². The van der Waals surface area contributed by atoms with Gasteiger partial charge in [-0.1, -0.05) is 6.07 Å². The van der Waals surface area contributed by atoms with Gasteiger partial charge in [0.05, 0.1) is 6.54 Å². The fourth-order valence-corrected chi connectivity index (χ4v) is 3.23. The van der Waals surface area contributed by atoms with Crippen LogP contribution in [0.4, 0.5) is 0 Å². The molecule has 2 N–H and O–H groups in total. The summed E-state index contributed by atoms with van der Waals surface area (Å²) in [4.78, 5) is 9.27. The van der Waals surface area contributed by atoms with Gasteiger partial charge >= 0.3 is 0 Å². The van der Waals surface area contributed by atoms with E-state index in [2.05, 4.69) is 42.7 Å². The van der Waals surface area contributed by atoms with Crippen LogP contribution in [0.2, 0.25) is 0 Å². The van der Waals surface area contributed by atoms with Gasteiger partial charge in [0.25, 0.3) is 0 Å². The second-order valence-corrected chi connectivity index (χ2v) is 6.75. The van der Waals surface area contributed by atoms with Crippen LogP contribution in [0.5, 0.6) is 0 Å². The van der Waals surface area contributed by atoms with Crippen LogP contribution >= 0.6 is 0 Å². The Morgan fingerprint density at radius 3 is 2.96 bits per heavy atom. The summed E-state index contributed by atoms with van der Waals surface area (Å²) >= 11 is 0. The lowest BCUT2D eigenvalue weighted by atomic mass is 10.3. The van der Waals surface area contributed by atoms with E-state index in [-0.39, 0.29) is 0 Å². The van der Waals surface area contributed by atoms with Crippen LogP contribution in [0.3, 0.4) is 0 Å². The molecule has 1 aliphatic rings. The Morgan fingerprint density at radius 1 is 1.15 bits per heavy atom. The third kappa shape index (κ3) is 5.15. The van der Waals surface area contributed by atoms with Crippen molar-refractivity contribution in [3.63, 3.8) is 0 Å². The molecule has 0 radical (unpaired) electrons. The summed E-state index contributed by atoms with van der Waals surface area (Å²) in [5.41, 5.74) is 0.857. The van der Waals surface area contributed by atoms with Gasteiger partial charge in [-0.2, -0.15) is 0 Å². The van der Waals surface area contributed by atoms with E-state index in [0.29, 0.717) is 6.54 Å². The molecule has 1 saturated heterocycles. The van der Waals surface area contributed by atoms with E-state index >= 15 is 0 Å². The highest BCUT2D eigenvalue weighted by Gasteiger charge is 2.11. The number of hydrogen-bond acceptors (Lipinski definition) is 5. The largest absolute Gasteiger partial charge is 0.356 e. The van der Waals surface area contributed by atoms with Crippen LogP contribution in [0.1, 0.15) is 18.7 Å². The number of hydrogen-bond donors (Lipinski definition) is 2. The van der Waals surface area contributed by atoms with Crippen molar-refractivity contribution in [3.8, 4) is 0 Å². The van der Waals surface area contributed by atoms with Crippen LogP contribution < -0.4 is 10.6 Å². The number of nitrogens with one attached hydrogen (secondary N) is 2. The van der Waals surface area contributed by atoms with Crippen molar-refractivity contribution in [1.82, 2.24) is 35.0 Å². The number of aromatic nitrogens is 3. The van der Waals surface area contributed by atoms with Crippen LogP contribution in [0.25, 0.3) is 5.65 Å². The van der Waals surface area contributed by atoms with Gasteiger partial charge in [-0.3, -0.25) is 9.39 Å². The second-order valence-electron chi connectivity index (χ2n) is 6.75. The summed E-state index contributed by atoms with van der Waals surface area (Å²) in [5.74, 6) is 1.67. The van der Waals surface area contributed by atoms with Crippen molar-refractivity contribution in [3.05, 3.63) is 30.2 Å². The molecule has 3 rings (SSSR count). The highest BCUT2D eigenvalue weighted by molar-refractivity contribution is 5.79. The van der Waals surface area contributed by atoms with Crippen molar-refractivity contribution >= 4 is 11.6 Å². The van der Waals surface area contributed by atoms with E-state index in [1.54, 1.807) is 7.05 Å². The lowest BCUT2D eigenvalue weighted by Crippen LogP contribution is -2.39. The Labute approximate surface area is 155 Å². The molecule has 3 heterocycles. The average Bonchev–Trinajstić information content (AvgIpc) is 2.96. The van der Waals surface area contributed by atoms with Crippen LogP contribution in [-0.4, -0.2) is 83.7 Å². The third-order valence-electron chi connectivity index (χ3n) is 4.78. The number of likely N-dealkylation sites (N-methyl/N-ethyl adjacent to an activating group) is 1. The summed E-state index contributed by atoms with van der Waals surface area (Å²) < 4.78 is 1.98. The zero-order valence-electron chi connectivity index (χ0n) is 15.9. The molecule has 8 nitrogen and oxygen atoms in total. The van der Waals surface area contributed by atoms with Gasteiger partial charge in [-0.25, -0.2) is 0 Å². The molecular weight excluding hydrogens is 328 g/mol. The molecule has 0 saturated carbocycles. The number of fused-ring (bicyclic) bond motifs is 1. The first kappa shape index (κ1) is 18.6. The molecule has 0 amide bonds. The highest BCUT2D eigenvalue weighted by Crippen LogP contribution is 2.03. The third-order valence-corrected chi connectivity index (χ3v) is 4.78. The summed E-state index contributed by atoms with van der Waals surface area (Å²) in [6.45, 7) is 7.38. The predicted molar refractivity (Wildman–Crippen MR) is 104 cm³/mol. The van der Waals surface area contributed by atoms with Crippen LogP contribution in [-0.2, 0) is 6.54 Å². The lowest BCUT2D eigenvalue weighted by molar-refractivity contribution is 0.274. The van der Waals surface area contributed by atoms with Crippen molar-refractivity contribution in [2.45, 2.75) is 19.4 Å². The Hall–Kier alpha value is -2.19. The molecule has 0 aliphatic carbocycles. The Kier molecular flexibility index (Phi) is 6.79. The second kappa shape index (κ2) is 9.49. The summed E-state index contributed by atoms with van der Waals surface area (Å²) in [6, 6.07) is 5.89. The molecule has 0 bridgehead atoms. The fraction of sp³-hybridized carbons (Fsp3) is 0.611. The first-order valence-corrected chi connectivity index (χ1v) is 9.40. The monoisotopic (exact) mass is 358 g/mol. The van der Waals surface area contributed by atoms with Gasteiger partial charge in [-0.05, 0) is 51.7 Å². The number of aliphatic imine (C=N–C) groups is 1. The number of pyridine rings is 1. The average molecular weight is 358 g/mol. The Morgan fingerprint density at radius 2 is 2.08 bits per heavy atom. The van der Waals surface area contributed by atoms with Gasteiger partial charge in [-0.15, -0.1) is 10.2 Å².